The van der Waals surface area contributed by atoms with E-state index < -0.39 is 36.0 Å². The third-order valence-electron chi connectivity index (χ3n) is 13.1. The molecule has 0 spiro atoms. The van der Waals surface area contributed by atoms with Crippen molar-refractivity contribution in [1.29, 1.82) is 0 Å². The molecular weight excluding hydrogens is 733 g/mol. The molecule has 0 radical (unpaired) electrons. The average Bonchev–Trinajstić information content (AvgIpc) is 3.87. The molecule has 0 bridgehead atoms. The number of aryl methyl sites for hydroxylation is 1. The summed E-state index contributed by atoms with van der Waals surface area (Å²) in [5, 5.41) is 3.08. The van der Waals surface area contributed by atoms with E-state index in [1.165, 1.54) is 0 Å². The first kappa shape index (κ1) is 49.2. The third kappa shape index (κ3) is 13.4. The Morgan fingerprint density at radius 3 is 2.00 bits per heavy atom. The topological polar surface area (TPSA) is 126 Å². The van der Waals surface area contributed by atoms with Crippen LogP contribution >= 0.6 is 0 Å². The number of nitrogens with one attached hydrogen (secondary N) is 1. The Labute approximate surface area is 350 Å². The van der Waals surface area contributed by atoms with Gasteiger partial charge in [0.1, 0.15) is 5.78 Å². The lowest BCUT2D eigenvalue weighted by molar-refractivity contribution is -0.149. The van der Waals surface area contributed by atoms with Crippen LogP contribution in [0.5, 0.6) is 0 Å². The van der Waals surface area contributed by atoms with Gasteiger partial charge >= 0.3 is 0 Å². The molecule has 1 heterocycles. The number of carbonyl (C=O) groups excluding carboxylic acids is 5. The average molecular weight is 811 g/mol. The molecule has 1 saturated carbocycles. The second kappa shape index (κ2) is 23.0. The van der Waals surface area contributed by atoms with Gasteiger partial charge in [0.2, 0.25) is 17.7 Å². The summed E-state index contributed by atoms with van der Waals surface area (Å²) in [6, 6.07) is 7.07. The van der Waals surface area contributed by atoms with Gasteiger partial charge in [-0.15, -0.1) is 0 Å². The minimum absolute atomic E-state index is 0.0109. The van der Waals surface area contributed by atoms with E-state index in [2.05, 4.69) is 19.2 Å². The number of methoxy groups -OCH3 is 2. The van der Waals surface area contributed by atoms with Crippen molar-refractivity contribution in [2.24, 2.45) is 41.4 Å². The van der Waals surface area contributed by atoms with E-state index in [1.807, 2.05) is 89.7 Å². The molecule has 2 fully saturated rings. The first-order chi connectivity index (χ1) is 27.4. The van der Waals surface area contributed by atoms with E-state index in [0.717, 1.165) is 36.8 Å². The Morgan fingerprint density at radius 1 is 0.845 bits per heavy atom. The van der Waals surface area contributed by atoms with Crippen molar-refractivity contribution >= 4 is 29.3 Å². The van der Waals surface area contributed by atoms with Crippen molar-refractivity contribution in [3.63, 3.8) is 0 Å². The Hall–Kier alpha value is -3.15. The van der Waals surface area contributed by atoms with E-state index in [0.29, 0.717) is 31.8 Å². The zero-order chi connectivity index (χ0) is 43.4. The van der Waals surface area contributed by atoms with E-state index in [9.17, 15) is 24.0 Å². The van der Waals surface area contributed by atoms with Crippen LogP contribution in [0.25, 0.3) is 0 Å². The summed E-state index contributed by atoms with van der Waals surface area (Å²) < 4.78 is 12.1. The lowest BCUT2D eigenvalue weighted by Crippen LogP contribution is -2.54. The number of nitrogens with zero attached hydrogens (tertiary/aromatic N) is 3. The molecule has 11 nitrogen and oxygen atoms in total. The van der Waals surface area contributed by atoms with Gasteiger partial charge in [-0.25, -0.2) is 0 Å². The Kier molecular flexibility index (Phi) is 19.5. The molecule has 328 valence electrons. The quantitative estimate of drug-likeness (QED) is 0.115. The van der Waals surface area contributed by atoms with Gasteiger partial charge in [-0.3, -0.25) is 28.9 Å². The molecule has 1 aromatic carbocycles. The fourth-order valence-electron chi connectivity index (χ4n) is 9.31. The van der Waals surface area contributed by atoms with Crippen LogP contribution in [-0.4, -0.2) is 116 Å². The number of likely N-dealkylation sites (tertiary alicyclic amines) is 1. The van der Waals surface area contributed by atoms with Gasteiger partial charge in [0, 0.05) is 65.0 Å². The van der Waals surface area contributed by atoms with Crippen molar-refractivity contribution in [3.05, 3.63) is 35.4 Å². The zero-order valence-electron chi connectivity index (χ0n) is 38.2. The number of likely N-dealkylation sites (N-methyl/N-ethyl adjacent to an activating group) is 2. The van der Waals surface area contributed by atoms with Crippen molar-refractivity contribution in [2.45, 2.75) is 150 Å². The minimum Gasteiger partial charge on any atom is -0.379 e. The fourth-order valence-corrected chi connectivity index (χ4v) is 9.31. The normalized spacial score (nSPS) is 20.0. The van der Waals surface area contributed by atoms with Crippen LogP contribution in [0.3, 0.4) is 0 Å². The van der Waals surface area contributed by atoms with E-state index >= 15 is 0 Å². The molecule has 3 rings (SSSR count). The summed E-state index contributed by atoms with van der Waals surface area (Å²) in [6.45, 7) is 17.0. The van der Waals surface area contributed by atoms with Crippen molar-refractivity contribution in [3.8, 4) is 0 Å². The highest BCUT2D eigenvalue weighted by molar-refractivity contribution is 5.90. The highest BCUT2D eigenvalue weighted by Gasteiger charge is 2.44. The number of benzene rings is 1. The summed E-state index contributed by atoms with van der Waals surface area (Å²) >= 11 is 0. The van der Waals surface area contributed by atoms with Crippen molar-refractivity contribution in [2.75, 3.05) is 41.9 Å². The Balaban J connectivity index is 1.75. The lowest BCUT2D eigenvalue weighted by Gasteiger charge is -2.41. The molecule has 1 N–H and O–H groups in total. The van der Waals surface area contributed by atoms with Crippen molar-refractivity contribution < 1.29 is 33.4 Å². The van der Waals surface area contributed by atoms with Gasteiger partial charge in [0.15, 0.2) is 5.78 Å². The Morgan fingerprint density at radius 2 is 1.48 bits per heavy atom. The smallest absolute Gasteiger partial charge is 0.226 e. The molecular formula is C47H78N4O7. The van der Waals surface area contributed by atoms with Gasteiger partial charge in [-0.1, -0.05) is 97.6 Å². The molecule has 1 aliphatic heterocycles. The van der Waals surface area contributed by atoms with Crippen LogP contribution < -0.4 is 5.32 Å². The number of amides is 3. The molecule has 0 unspecified atom stereocenters. The SMILES string of the molecule is CC[C@H](C)[C@@H]([C@@H](CC(=O)N1CCC[C@H]1[C@H](OC)[C@@H](C)C(=O)C[C@@H](CC1CC1)C(=O)NCc1ccc(C)cc1)OC)N(C)C(=O)[C@@H](CC(=O)[C@H](C(C)C)N(C)C)C(C)C. The summed E-state index contributed by atoms with van der Waals surface area (Å²) in [7, 11) is 8.78. The van der Waals surface area contributed by atoms with Gasteiger partial charge < -0.3 is 24.6 Å². The highest BCUT2D eigenvalue weighted by atomic mass is 16.5. The first-order valence-corrected chi connectivity index (χ1v) is 22.0. The second-order valence-corrected chi connectivity index (χ2v) is 18.5. The maximum Gasteiger partial charge on any atom is 0.226 e. The molecule has 1 aliphatic carbocycles. The fraction of sp³-hybridized carbons (Fsp3) is 0.766. The van der Waals surface area contributed by atoms with Gasteiger partial charge in [-0.2, -0.15) is 0 Å². The van der Waals surface area contributed by atoms with E-state index in [4.69, 9.17) is 9.47 Å². The van der Waals surface area contributed by atoms with Gasteiger partial charge in [-0.05, 0) is 69.5 Å². The molecule has 1 aromatic rings. The zero-order valence-corrected chi connectivity index (χ0v) is 38.2. The summed E-state index contributed by atoms with van der Waals surface area (Å²) in [5.74, 6) is -1.20. The Bertz CT molecular complexity index is 1480. The van der Waals surface area contributed by atoms with Crippen LogP contribution in [0.15, 0.2) is 24.3 Å². The summed E-state index contributed by atoms with van der Waals surface area (Å²) in [6.07, 6.45) is 4.33. The predicted molar refractivity (Wildman–Crippen MR) is 230 cm³/mol. The summed E-state index contributed by atoms with van der Waals surface area (Å²) in [4.78, 5) is 75.3. The maximum absolute atomic E-state index is 14.4. The largest absolute Gasteiger partial charge is 0.379 e. The molecule has 2 aliphatic rings. The van der Waals surface area contributed by atoms with Crippen LogP contribution in [0.1, 0.15) is 117 Å². The molecule has 0 aromatic heterocycles. The number of hydrogen-bond donors (Lipinski definition) is 1. The van der Waals surface area contributed by atoms with Crippen LogP contribution in [0.4, 0.5) is 0 Å². The van der Waals surface area contributed by atoms with E-state index in [1.54, 1.807) is 26.2 Å². The third-order valence-corrected chi connectivity index (χ3v) is 13.1. The highest BCUT2D eigenvalue weighted by Crippen LogP contribution is 2.37. The first-order valence-electron chi connectivity index (χ1n) is 22.0. The van der Waals surface area contributed by atoms with Crippen LogP contribution in [0.2, 0.25) is 0 Å². The van der Waals surface area contributed by atoms with E-state index in [-0.39, 0.29) is 78.4 Å². The second-order valence-electron chi connectivity index (χ2n) is 18.5. The maximum atomic E-state index is 14.4. The van der Waals surface area contributed by atoms with Crippen LogP contribution in [-0.2, 0) is 40.0 Å². The lowest BCUT2D eigenvalue weighted by atomic mass is 9.83. The predicted octanol–water partition coefficient (Wildman–Crippen LogP) is 6.72. The molecule has 1 saturated heterocycles. The number of ketones is 2. The van der Waals surface area contributed by atoms with Crippen molar-refractivity contribution in [1.82, 2.24) is 20.0 Å². The van der Waals surface area contributed by atoms with Crippen LogP contribution in [0, 0.1) is 48.3 Å². The standard InChI is InChI=1S/C47H78N4O7/c1-14-32(7)44(50(11)47(56)37(29(2)3)26-40(53)43(30(4)5)49(9)10)41(57-12)27-42(54)51-23-15-16-38(51)45(58-13)33(8)39(52)25-36(24-34-21-22-34)46(55)48-28-35-19-17-31(6)18-20-35/h17-20,29-30,32-34,36-38,41,43-45H,14-16,21-28H2,1-13H3,(H,48,55)/t32-,33-,36+,37-,38-,41+,43-,44-,45+/m0/s1. The molecule has 9 atom stereocenters. The number of rotatable bonds is 25. The molecule has 58 heavy (non-hydrogen) atoms. The monoisotopic (exact) mass is 811 g/mol. The number of ether oxygens (including phenoxy) is 2. The van der Waals surface area contributed by atoms with Gasteiger partial charge in [0.05, 0.1) is 36.8 Å². The van der Waals surface area contributed by atoms with Gasteiger partial charge in [0.25, 0.3) is 0 Å². The number of carbonyl (C=O) groups is 5. The number of Topliss-reactive ketones (excluding diaryl/α,β-unsaturated/α-hetero) is 2. The summed E-state index contributed by atoms with van der Waals surface area (Å²) in [5.41, 5.74) is 2.18. The minimum atomic E-state index is -0.590. The molecule has 3 amide bonds. The molecule has 11 heteroatoms. The number of hydrogen-bond acceptors (Lipinski definition) is 8.